The molecule has 8 amide bonds. The highest BCUT2D eigenvalue weighted by molar-refractivity contribution is 7.86. The van der Waals surface area contributed by atoms with Crippen molar-refractivity contribution in [2.24, 2.45) is 0 Å². The normalized spacial score (nSPS) is 17.4. The van der Waals surface area contributed by atoms with Crippen LogP contribution in [-0.4, -0.2) is 60.2 Å². The van der Waals surface area contributed by atoms with Crippen LogP contribution < -0.4 is 19.6 Å². The predicted octanol–water partition coefficient (Wildman–Crippen LogP) is 23.7. The van der Waals surface area contributed by atoms with E-state index >= 15 is 38.4 Å². The molecular formula is C115H70N4O11S. The van der Waals surface area contributed by atoms with Crippen LogP contribution in [0.5, 0.6) is 0 Å². The molecule has 0 saturated carbocycles. The van der Waals surface area contributed by atoms with Gasteiger partial charge in [-0.1, -0.05) is 255 Å². The first kappa shape index (κ1) is 77.8. The molecule has 622 valence electrons. The van der Waals surface area contributed by atoms with Crippen LogP contribution in [0.15, 0.2) is 345 Å². The summed E-state index contributed by atoms with van der Waals surface area (Å²) in [5, 5.41) is 0.572. The number of rotatable bonds is 15. The average molecular weight is 1720 g/mol. The lowest BCUT2D eigenvalue weighted by Crippen LogP contribution is -2.43. The predicted molar refractivity (Wildman–Crippen MR) is 512 cm³/mol. The Balaban J connectivity index is 0.521. The molecule has 4 unspecified atom stereocenters. The van der Waals surface area contributed by atoms with Gasteiger partial charge in [-0.25, -0.2) is 19.6 Å². The quantitative estimate of drug-likeness (QED) is 0.0581. The molecule has 1 N–H and O–H groups in total. The van der Waals surface area contributed by atoms with Crippen LogP contribution in [0.2, 0.25) is 0 Å². The third-order valence-corrected chi connectivity index (χ3v) is 28.1. The number of hydrogen-bond acceptors (Lipinski definition) is 10. The molecule has 4 heterocycles. The molecule has 16 heteroatoms. The first-order valence-corrected chi connectivity index (χ1v) is 44.7. The molecule has 8 aliphatic rings. The molecule has 0 radical (unpaired) electrons. The summed E-state index contributed by atoms with van der Waals surface area (Å²) in [6.45, 7) is 1.73. The Morgan fingerprint density at radius 2 is 0.489 bits per heavy atom. The molecule has 0 fully saturated rings. The van der Waals surface area contributed by atoms with Crippen molar-refractivity contribution >= 4 is 160 Å². The fourth-order valence-electron chi connectivity index (χ4n) is 21.4. The molecular weight excluding hydrogens is 1650 g/mol. The number of carbonyl (C=O) groups is 8. The number of allylic oxidation sites excluding steroid dienone is 4. The van der Waals surface area contributed by atoms with Crippen LogP contribution >= 0.6 is 0 Å². The van der Waals surface area contributed by atoms with Crippen molar-refractivity contribution in [3.63, 3.8) is 0 Å². The van der Waals surface area contributed by atoms with Crippen LogP contribution in [0.4, 0.5) is 22.7 Å². The number of aryl methyl sites for hydroxylation is 1. The lowest BCUT2D eigenvalue weighted by Gasteiger charge is -2.33. The lowest BCUT2D eigenvalue weighted by atomic mass is 9.80. The Labute approximate surface area is 751 Å². The maximum absolute atomic E-state index is 15.7. The summed E-state index contributed by atoms with van der Waals surface area (Å²) in [5.41, 5.74) is 22.4. The van der Waals surface area contributed by atoms with Gasteiger partial charge in [0.25, 0.3) is 57.4 Å². The molecule has 4 aliphatic heterocycles. The number of anilines is 4. The zero-order chi connectivity index (χ0) is 88.7. The monoisotopic (exact) mass is 1710 g/mol. The van der Waals surface area contributed by atoms with Crippen LogP contribution in [0.1, 0.15) is 212 Å². The zero-order valence-corrected chi connectivity index (χ0v) is 70.6. The summed E-state index contributed by atoms with van der Waals surface area (Å²) in [7, 11) is -5.12. The van der Waals surface area contributed by atoms with Crippen molar-refractivity contribution in [3.05, 3.63) is 490 Å². The Morgan fingerprint density at radius 1 is 0.252 bits per heavy atom. The van der Waals surface area contributed by atoms with Gasteiger partial charge in [0.05, 0.1) is 22.7 Å². The molecule has 4 aliphatic carbocycles. The highest BCUT2D eigenvalue weighted by atomic mass is 32.2. The van der Waals surface area contributed by atoms with Gasteiger partial charge < -0.3 is 0 Å². The van der Waals surface area contributed by atoms with Gasteiger partial charge in [-0.05, 0) is 256 Å². The number of hydrogen-bond donors (Lipinski definition) is 1. The molecule has 15 nitrogen and oxygen atoms in total. The minimum Gasteiger partial charge on any atom is -0.282 e. The smallest absolute Gasteiger partial charge is 0.282 e. The summed E-state index contributed by atoms with van der Waals surface area (Å²) < 4.78 is 38.2. The lowest BCUT2D eigenvalue weighted by molar-refractivity contribution is 0.0873. The second-order valence-corrected chi connectivity index (χ2v) is 35.7. The van der Waals surface area contributed by atoms with E-state index in [0.717, 1.165) is 127 Å². The summed E-state index contributed by atoms with van der Waals surface area (Å²) in [4.78, 5) is 127. The van der Waals surface area contributed by atoms with Gasteiger partial charge in [0, 0.05) is 89.7 Å². The molecule has 0 aromatic heterocycles. The van der Waals surface area contributed by atoms with Crippen molar-refractivity contribution in [1.82, 2.24) is 0 Å². The van der Waals surface area contributed by atoms with Gasteiger partial charge in [-0.2, -0.15) is 8.42 Å². The van der Waals surface area contributed by atoms with Crippen molar-refractivity contribution in [2.45, 2.75) is 35.5 Å². The summed E-state index contributed by atoms with van der Waals surface area (Å²) in [5.74, 6) is -7.02. The van der Waals surface area contributed by atoms with Gasteiger partial charge in [-0.3, -0.25) is 42.9 Å². The Morgan fingerprint density at radius 3 is 0.756 bits per heavy atom. The van der Waals surface area contributed by atoms with Gasteiger partial charge in [0.2, 0.25) is 0 Å². The first-order valence-electron chi connectivity index (χ1n) is 43.3. The molecule has 24 rings (SSSR count). The Kier molecular flexibility index (Phi) is 17.6. The number of fused-ring (bicyclic) bond motifs is 4. The topological polar surface area (TPSA) is 204 Å². The summed E-state index contributed by atoms with van der Waals surface area (Å²) in [6.07, 6.45) is 11.8. The molecule has 131 heavy (non-hydrogen) atoms. The van der Waals surface area contributed by atoms with Crippen LogP contribution in [0, 0.1) is 6.92 Å². The van der Waals surface area contributed by atoms with E-state index < -0.39 is 62.3 Å². The maximum Gasteiger partial charge on any atom is 0.295 e. The summed E-state index contributed by atoms with van der Waals surface area (Å²) >= 11 is 0. The van der Waals surface area contributed by atoms with Crippen molar-refractivity contribution in [2.75, 3.05) is 19.6 Å². The molecule has 16 aromatic carbocycles. The second kappa shape index (κ2) is 29.7. The Bertz CT molecular complexity index is 7840. The van der Waals surface area contributed by atoms with Crippen molar-refractivity contribution in [1.29, 1.82) is 0 Å². The van der Waals surface area contributed by atoms with Crippen LogP contribution in [0.25, 0.3) is 80.3 Å². The molecule has 0 saturated heterocycles. The highest BCUT2D eigenvalue weighted by Gasteiger charge is 2.46. The van der Waals surface area contributed by atoms with Crippen molar-refractivity contribution in [3.8, 4) is 0 Å². The van der Waals surface area contributed by atoms with E-state index in [2.05, 4.69) is 133 Å². The SMILES string of the molecule is Cc1cc(N2C(=O)c3ccc4c5c(ccc(c35)C2=O)C(=O)N(c2cc(C3C(c5ccccc5)=Cc5ccccc53)cc(C3C(c5ccccc5)=Cc5ccccc53)c2)C4=O)ccc1/C=C/c1ccc(N2C(=O)c3ccc4c5c(ccc(c35)C2=O)C(=O)N(c2cc(C3C(c5ccccc5)=Cc5ccccc53)cc(C3C(c5ccccc5)=Cc5ccccc53)c2)C4=O)cc1S(=O)(=O)O. The van der Waals surface area contributed by atoms with E-state index in [4.69, 9.17) is 0 Å². The third kappa shape index (κ3) is 12.1. The first-order chi connectivity index (χ1) is 63.9. The highest BCUT2D eigenvalue weighted by Crippen LogP contribution is 2.56. The third-order valence-electron chi connectivity index (χ3n) is 27.2. The number of nitrogens with zero attached hydrogens (tertiary/aromatic N) is 4. The van der Waals surface area contributed by atoms with E-state index in [1.54, 1.807) is 43.3 Å². The molecule has 16 aromatic rings. The molecule has 0 bridgehead atoms. The van der Waals surface area contributed by atoms with Gasteiger partial charge in [0.15, 0.2) is 0 Å². The van der Waals surface area contributed by atoms with Crippen LogP contribution in [0.3, 0.4) is 0 Å². The van der Waals surface area contributed by atoms with Crippen LogP contribution in [-0.2, 0) is 10.1 Å². The standard InChI is InChI=1S/C115H70N4O11S/c1-64-52-79(116-108(120)87-44-48-91-106-92(49-45-88(104(87)106)109(116)121)113(125)118(112(91)124)81-55-75(100-83-34-18-14-30-71(83)59-95(100)66-22-6-2-7-23-66)53-76(56-81)101-84-35-19-15-31-72(84)60-96(101)67-24-8-3-9-25-67)42-40-65(64)38-39-70-41-43-80(63-99(70)131(128,129)130)117-110(122)89-46-50-93-107-94(51-47-90(105(89)107)111(117)123)115(127)119(114(93)126)82-57-77(102-85-36-20-16-32-73(85)61-97(102)68-26-10-4-11-27-68)54-78(58-82)103-86-37-21-17-33-74(86)62-98(103)69-28-12-5-13-29-69/h2-63,100-103H,1H3,(H,128,129,130)/b39-38+. The van der Waals surface area contributed by atoms with Gasteiger partial charge in [-0.15, -0.1) is 0 Å². The maximum atomic E-state index is 15.7. The Hall–Kier alpha value is -16.8. The van der Waals surface area contributed by atoms with Gasteiger partial charge in [0.1, 0.15) is 4.90 Å². The van der Waals surface area contributed by atoms with E-state index in [1.807, 2.05) is 146 Å². The fourth-order valence-corrected chi connectivity index (χ4v) is 22.1. The zero-order valence-electron chi connectivity index (χ0n) is 69.8. The van der Waals surface area contributed by atoms with Crippen molar-refractivity contribution < 1.29 is 51.3 Å². The fraction of sp³-hybridized carbons (Fsp3) is 0.0435. The molecule has 4 atom stereocenters. The average Bonchev–Trinajstić information content (AvgIpc) is 1.49. The molecule has 0 spiro atoms. The second-order valence-electron chi connectivity index (χ2n) is 34.3. The van der Waals surface area contributed by atoms with E-state index in [9.17, 15) is 13.0 Å². The minimum absolute atomic E-state index is 0.0374. The largest absolute Gasteiger partial charge is 0.295 e. The number of amides is 8. The number of benzene rings is 16. The summed E-state index contributed by atoms with van der Waals surface area (Å²) in [6, 6.07) is 106. The van der Waals surface area contributed by atoms with E-state index in [-0.39, 0.29) is 107 Å². The number of imide groups is 4. The number of carbonyl (C=O) groups excluding carboxylic acids is 8. The van der Waals surface area contributed by atoms with E-state index in [0.29, 0.717) is 22.5 Å². The van der Waals surface area contributed by atoms with Gasteiger partial charge >= 0.3 is 0 Å². The van der Waals surface area contributed by atoms with E-state index in [1.165, 1.54) is 64.4 Å². The minimum atomic E-state index is -5.12.